The average molecular weight is 514 g/mol. The van der Waals surface area contributed by atoms with Gasteiger partial charge in [0, 0.05) is 0 Å². The maximum Gasteiger partial charge on any atom is 0.0538 e. The van der Waals surface area contributed by atoms with Crippen LogP contribution in [0.2, 0.25) is 0 Å². The molecule has 3 aromatic carbocycles. The number of nitrogens with zero attached hydrogens (tertiary/aromatic N) is 2. The van der Waals surface area contributed by atoms with Crippen molar-refractivity contribution < 1.29 is 18.8 Å². The van der Waals surface area contributed by atoms with Crippen LogP contribution in [0.5, 0.6) is 0 Å². The quantitative estimate of drug-likeness (QED) is 0.317. The molecule has 0 amide bonds. The second kappa shape index (κ2) is 10.7. The molecule has 0 bridgehead atoms. The number of para-hydroxylation sites is 2. The summed E-state index contributed by atoms with van der Waals surface area (Å²) in [5, 5.41) is 0. The number of halogens is 1. The first-order valence-corrected chi connectivity index (χ1v) is 10.0. The number of hydrogen-bond donors (Lipinski definition) is 0. The molecule has 122 valence electrons. The van der Waals surface area contributed by atoms with Gasteiger partial charge in [0.25, 0.3) is 0 Å². The van der Waals surface area contributed by atoms with Gasteiger partial charge in [-0.15, -0.1) is 35.4 Å². The molecular weight excluding hydrogens is 499 g/mol. The summed E-state index contributed by atoms with van der Waals surface area (Å²) < 4.78 is 0. The maximum absolute atomic E-state index is 4.61. The predicted molar refractivity (Wildman–Crippen MR) is 98.5 cm³/mol. The Kier molecular flexibility index (Phi) is 8.16. The molecule has 3 rings (SSSR count). The van der Waals surface area contributed by atoms with E-state index in [4.69, 9.17) is 0 Å². The van der Waals surface area contributed by atoms with Crippen molar-refractivity contribution >= 4 is 33.2 Å². The molecule has 4 heteroatoms. The maximum atomic E-state index is 4.61. The van der Waals surface area contributed by atoms with Crippen molar-refractivity contribution in [3.05, 3.63) is 96.1 Å². The molecule has 0 aliphatic rings. The number of rotatable bonds is 4. The van der Waals surface area contributed by atoms with Gasteiger partial charge in [0.2, 0.25) is 0 Å². The van der Waals surface area contributed by atoms with Crippen molar-refractivity contribution in [3.8, 4) is 0 Å². The third kappa shape index (κ3) is 6.23. The standard InChI is InChI=1S/C20H15N2.ClH.Pt/c1-3-10-19(11-4-1)21-15-17-8-7-9-18(14-17)16-22-20-12-5-2-6-13-20;;/h1-13,15-16H;1H;/q-1;;+2/p-1. The Balaban J connectivity index is 0.00000100. The summed E-state index contributed by atoms with van der Waals surface area (Å²) in [6.07, 6.45) is 3.63. The van der Waals surface area contributed by atoms with E-state index >= 15 is 0 Å². The van der Waals surface area contributed by atoms with Crippen molar-refractivity contribution in [2.75, 3.05) is 0 Å². The molecule has 0 unspecified atom stereocenters. The van der Waals surface area contributed by atoms with Crippen LogP contribution < -0.4 is 0 Å². The van der Waals surface area contributed by atoms with Crippen molar-refractivity contribution in [2.45, 2.75) is 0 Å². The van der Waals surface area contributed by atoms with Gasteiger partial charge in [-0.05, 0) is 36.7 Å². The van der Waals surface area contributed by atoms with E-state index in [1.807, 2.05) is 91.3 Å². The average Bonchev–Trinajstić information content (AvgIpc) is 2.68. The minimum atomic E-state index is 0.930. The van der Waals surface area contributed by atoms with Crippen LogP contribution >= 0.6 is 9.42 Å². The van der Waals surface area contributed by atoms with E-state index in [0.717, 1.165) is 22.5 Å². The van der Waals surface area contributed by atoms with Gasteiger partial charge in [-0.2, -0.15) is 0 Å². The van der Waals surface area contributed by atoms with E-state index in [1.54, 1.807) is 18.8 Å². The van der Waals surface area contributed by atoms with Gasteiger partial charge >= 0.3 is 28.2 Å². The van der Waals surface area contributed by atoms with E-state index in [1.165, 1.54) is 0 Å². The minimum Gasteiger partial charge on any atom is -0.295 e. The van der Waals surface area contributed by atoms with Crippen LogP contribution in [0.4, 0.5) is 11.4 Å². The summed E-state index contributed by atoms with van der Waals surface area (Å²) in [7, 11) is 4.61. The zero-order chi connectivity index (χ0) is 17.0. The summed E-state index contributed by atoms with van der Waals surface area (Å²) in [4.78, 5) is 8.87. The van der Waals surface area contributed by atoms with Crippen LogP contribution in [0.15, 0.2) is 88.8 Å². The molecule has 0 saturated heterocycles. The van der Waals surface area contributed by atoms with Gasteiger partial charge in [0.15, 0.2) is 0 Å². The first kappa shape index (κ1) is 18.3. The van der Waals surface area contributed by atoms with Gasteiger partial charge in [0.05, 0.1) is 11.4 Å². The monoisotopic (exact) mass is 513 g/mol. The smallest absolute Gasteiger partial charge is 0.0538 e. The molecule has 24 heavy (non-hydrogen) atoms. The van der Waals surface area contributed by atoms with Gasteiger partial charge in [-0.1, -0.05) is 36.4 Å². The van der Waals surface area contributed by atoms with Crippen LogP contribution in [-0.2, 0) is 18.8 Å². The van der Waals surface area contributed by atoms with Gasteiger partial charge < -0.3 is 0 Å². The van der Waals surface area contributed by atoms with E-state index in [9.17, 15) is 0 Å². The number of benzene rings is 3. The fraction of sp³-hybridized carbons (Fsp3) is 0. The molecule has 0 heterocycles. The Bertz CT molecular complexity index is 722. The molecule has 0 aliphatic carbocycles. The third-order valence-corrected chi connectivity index (χ3v) is 3.06. The van der Waals surface area contributed by atoms with Crippen molar-refractivity contribution in [3.63, 3.8) is 0 Å². The molecular formula is C20H15ClN2Pt. The summed E-state index contributed by atoms with van der Waals surface area (Å²) in [6, 6.07) is 28.9. The fourth-order valence-electron chi connectivity index (χ4n) is 1.97. The molecule has 0 aliphatic heterocycles. The van der Waals surface area contributed by atoms with Crippen LogP contribution in [0.25, 0.3) is 0 Å². The zero-order valence-corrected chi connectivity index (χ0v) is 15.8. The van der Waals surface area contributed by atoms with E-state index < -0.39 is 0 Å². The molecule has 0 aromatic heterocycles. The van der Waals surface area contributed by atoms with Crippen LogP contribution in [0.3, 0.4) is 0 Å². The Morgan fingerprint density at radius 2 is 1.04 bits per heavy atom. The second-order valence-electron chi connectivity index (χ2n) is 4.75. The molecule has 0 saturated carbocycles. The van der Waals surface area contributed by atoms with Gasteiger partial charge in [-0.3, -0.25) is 9.98 Å². The first-order chi connectivity index (χ1) is 11.9. The van der Waals surface area contributed by atoms with E-state index in [-0.39, 0.29) is 0 Å². The molecule has 0 radical (unpaired) electrons. The molecule has 3 aromatic rings. The number of aliphatic imine (C=N–C) groups is 2. The SMILES string of the molecule is [Cl][Pt+].[c-]1c(C=Nc2ccccc2)cccc1C=Nc1ccccc1. The Hall–Kier alpha value is -2.02. The predicted octanol–water partition coefficient (Wildman–Crippen LogP) is 5.67. The topological polar surface area (TPSA) is 24.7 Å². The summed E-state index contributed by atoms with van der Waals surface area (Å²) in [6.45, 7) is 0. The van der Waals surface area contributed by atoms with E-state index in [2.05, 4.69) is 25.5 Å². The third-order valence-electron chi connectivity index (χ3n) is 3.06. The zero-order valence-electron chi connectivity index (χ0n) is 12.7. The van der Waals surface area contributed by atoms with Gasteiger partial charge in [0.1, 0.15) is 0 Å². The summed E-state index contributed by atoms with van der Waals surface area (Å²) in [5.41, 5.74) is 3.72. The normalized spacial score (nSPS) is 10.6. The van der Waals surface area contributed by atoms with Crippen molar-refractivity contribution in [1.29, 1.82) is 0 Å². The van der Waals surface area contributed by atoms with Crippen molar-refractivity contribution in [1.82, 2.24) is 0 Å². The van der Waals surface area contributed by atoms with Crippen LogP contribution in [-0.4, -0.2) is 12.4 Å². The van der Waals surface area contributed by atoms with Crippen molar-refractivity contribution in [2.24, 2.45) is 9.98 Å². The Labute approximate surface area is 157 Å². The van der Waals surface area contributed by atoms with E-state index in [0.29, 0.717) is 0 Å². The number of hydrogen-bond acceptors (Lipinski definition) is 2. The molecule has 0 N–H and O–H groups in total. The minimum absolute atomic E-state index is 0.930. The first-order valence-electron chi connectivity index (χ1n) is 7.23. The fourth-order valence-corrected chi connectivity index (χ4v) is 1.97. The molecule has 0 spiro atoms. The Morgan fingerprint density at radius 1 is 0.625 bits per heavy atom. The Morgan fingerprint density at radius 3 is 1.46 bits per heavy atom. The summed E-state index contributed by atoms with van der Waals surface area (Å²) >= 11 is 1.61. The molecule has 0 fully saturated rings. The molecule has 2 nitrogen and oxygen atoms in total. The largest absolute Gasteiger partial charge is 0.295 e. The van der Waals surface area contributed by atoms with Crippen LogP contribution in [0, 0.1) is 6.07 Å². The van der Waals surface area contributed by atoms with Crippen LogP contribution in [0.1, 0.15) is 11.1 Å². The molecule has 0 atom stereocenters. The summed E-state index contributed by atoms with van der Waals surface area (Å²) in [5.74, 6) is 0. The second-order valence-corrected chi connectivity index (χ2v) is 4.75. The van der Waals surface area contributed by atoms with Gasteiger partial charge in [-0.25, -0.2) is 0 Å².